The fourth-order valence-electron chi connectivity index (χ4n) is 4.14. The van der Waals surface area contributed by atoms with Gasteiger partial charge in [0.2, 0.25) is 0 Å². The van der Waals surface area contributed by atoms with Gasteiger partial charge < -0.3 is 20.8 Å². The van der Waals surface area contributed by atoms with Crippen molar-refractivity contribution in [2.24, 2.45) is 0 Å². The van der Waals surface area contributed by atoms with E-state index in [1.807, 2.05) is 0 Å². The molecule has 0 heterocycles. The Morgan fingerprint density at radius 3 is 1.41 bits per heavy atom. The van der Waals surface area contributed by atoms with Crippen molar-refractivity contribution in [2.75, 3.05) is 23.7 Å². The van der Waals surface area contributed by atoms with Crippen LogP contribution in [0.15, 0.2) is 36.4 Å². The Kier molecular flexibility index (Phi) is 8.79. The Morgan fingerprint density at radius 1 is 0.618 bits per heavy atom. The maximum atomic E-state index is 13.4. The van der Waals surface area contributed by atoms with E-state index in [-0.39, 0.29) is 24.4 Å². The minimum Gasteiger partial charge on any atom is -0.481 e. The molecule has 0 atom stereocenters. The normalized spacial score (nSPS) is 12.1. The molecule has 8 nitrogen and oxygen atoms in total. The van der Waals surface area contributed by atoms with Gasteiger partial charge in [0.25, 0.3) is 0 Å². The van der Waals surface area contributed by atoms with Gasteiger partial charge in [-0.3, -0.25) is 19.2 Å². The van der Waals surface area contributed by atoms with E-state index in [1.54, 1.807) is 36.4 Å². The summed E-state index contributed by atoms with van der Waals surface area (Å²) in [5.74, 6) is -2.02. The maximum absolute atomic E-state index is 13.4. The molecule has 0 aliphatic heterocycles. The van der Waals surface area contributed by atoms with E-state index in [2.05, 4.69) is 10.6 Å². The van der Waals surface area contributed by atoms with E-state index >= 15 is 0 Å². The van der Waals surface area contributed by atoms with E-state index in [0.717, 1.165) is 25.7 Å². The number of anilines is 2. The van der Waals surface area contributed by atoms with Gasteiger partial charge in [-0.1, -0.05) is 37.1 Å². The monoisotopic (exact) mass is 466 g/mol. The Hall–Kier alpha value is -3.68. The predicted molar refractivity (Wildman–Crippen MR) is 129 cm³/mol. The molecule has 180 valence electrons. The van der Waals surface area contributed by atoms with Crippen molar-refractivity contribution in [3.8, 4) is 0 Å². The van der Waals surface area contributed by atoms with Crippen molar-refractivity contribution < 1.29 is 29.4 Å². The maximum Gasteiger partial charge on any atom is 0.303 e. The SMILES string of the molecule is O=C(O)CCCCCNc1cccc2c1C(=O)c1cccc(NCCCCCC(=O)O)c1C2=O. The lowest BCUT2D eigenvalue weighted by Crippen LogP contribution is -2.24. The number of rotatable bonds is 14. The van der Waals surface area contributed by atoms with Crippen LogP contribution in [-0.4, -0.2) is 46.8 Å². The van der Waals surface area contributed by atoms with Crippen LogP contribution >= 0.6 is 0 Å². The summed E-state index contributed by atoms with van der Waals surface area (Å²) in [4.78, 5) is 48.0. The predicted octanol–water partition coefficient (Wildman–Crippen LogP) is 4.58. The summed E-state index contributed by atoms with van der Waals surface area (Å²) in [6.07, 6.45) is 4.53. The number of carboxylic acids is 2. The molecule has 0 aromatic heterocycles. The number of benzene rings is 2. The molecule has 8 heteroatoms. The fourth-order valence-corrected chi connectivity index (χ4v) is 4.14. The number of fused-ring (bicyclic) bond motifs is 2. The second-order valence-electron chi connectivity index (χ2n) is 8.38. The summed E-state index contributed by atoms with van der Waals surface area (Å²) >= 11 is 0. The van der Waals surface area contributed by atoms with Crippen molar-refractivity contribution in [3.05, 3.63) is 58.7 Å². The topological polar surface area (TPSA) is 133 Å². The van der Waals surface area contributed by atoms with Crippen LogP contribution in [0.3, 0.4) is 0 Å². The molecule has 2 aromatic carbocycles. The van der Waals surface area contributed by atoms with Gasteiger partial charge in [0.15, 0.2) is 11.6 Å². The first kappa shape index (κ1) is 25.0. The molecule has 0 saturated carbocycles. The number of carboxylic acid groups (broad SMARTS) is 2. The third-order valence-corrected chi connectivity index (χ3v) is 5.84. The summed E-state index contributed by atoms with van der Waals surface area (Å²) in [5.41, 5.74) is 2.69. The van der Waals surface area contributed by atoms with E-state index in [0.29, 0.717) is 59.6 Å². The smallest absolute Gasteiger partial charge is 0.303 e. The van der Waals surface area contributed by atoms with E-state index in [1.165, 1.54) is 0 Å². The molecule has 0 radical (unpaired) electrons. The molecule has 0 bridgehead atoms. The zero-order valence-corrected chi connectivity index (χ0v) is 19.1. The van der Waals surface area contributed by atoms with E-state index < -0.39 is 11.9 Å². The van der Waals surface area contributed by atoms with Crippen molar-refractivity contribution >= 4 is 34.9 Å². The summed E-state index contributed by atoms with van der Waals surface area (Å²) in [6, 6.07) is 10.4. The summed E-state index contributed by atoms with van der Waals surface area (Å²) in [7, 11) is 0. The highest BCUT2D eigenvalue weighted by Gasteiger charge is 2.33. The summed E-state index contributed by atoms with van der Waals surface area (Å²) in [6.45, 7) is 1.15. The molecule has 0 saturated heterocycles. The van der Waals surface area contributed by atoms with Gasteiger partial charge in [0.1, 0.15) is 0 Å². The van der Waals surface area contributed by atoms with Gasteiger partial charge in [-0.05, 0) is 37.8 Å². The number of carbonyl (C=O) groups is 4. The molecule has 0 amide bonds. The zero-order valence-electron chi connectivity index (χ0n) is 19.1. The minimum atomic E-state index is -0.806. The number of hydrogen-bond donors (Lipinski definition) is 4. The Bertz CT molecular complexity index is 993. The van der Waals surface area contributed by atoms with Gasteiger partial charge in [-0.25, -0.2) is 0 Å². The first-order valence-electron chi connectivity index (χ1n) is 11.7. The van der Waals surface area contributed by atoms with Crippen LogP contribution < -0.4 is 10.6 Å². The third kappa shape index (κ3) is 6.21. The van der Waals surface area contributed by atoms with Gasteiger partial charge in [0, 0.05) is 48.4 Å². The van der Waals surface area contributed by atoms with Crippen LogP contribution in [0.1, 0.15) is 83.2 Å². The first-order valence-corrected chi connectivity index (χ1v) is 11.7. The zero-order chi connectivity index (χ0) is 24.5. The number of hydrogen-bond acceptors (Lipinski definition) is 6. The van der Waals surface area contributed by atoms with Crippen LogP contribution in [0.25, 0.3) is 0 Å². The molecular weight excluding hydrogens is 436 g/mol. The number of aliphatic carboxylic acids is 2. The van der Waals surface area contributed by atoms with Crippen molar-refractivity contribution in [1.29, 1.82) is 0 Å². The Morgan fingerprint density at radius 2 is 1.03 bits per heavy atom. The largest absolute Gasteiger partial charge is 0.481 e. The Labute approximate surface area is 198 Å². The number of carbonyl (C=O) groups excluding carboxylic acids is 2. The number of unbranched alkanes of at least 4 members (excludes halogenated alkanes) is 4. The number of nitrogens with one attached hydrogen (secondary N) is 2. The van der Waals surface area contributed by atoms with Crippen molar-refractivity contribution in [2.45, 2.75) is 51.4 Å². The highest BCUT2D eigenvalue weighted by Crippen LogP contribution is 2.35. The summed E-state index contributed by atoms with van der Waals surface area (Å²) < 4.78 is 0. The highest BCUT2D eigenvalue weighted by molar-refractivity contribution is 6.31. The van der Waals surface area contributed by atoms with Gasteiger partial charge in [-0.2, -0.15) is 0 Å². The van der Waals surface area contributed by atoms with Gasteiger partial charge >= 0.3 is 11.9 Å². The van der Waals surface area contributed by atoms with E-state index in [9.17, 15) is 19.2 Å². The summed E-state index contributed by atoms with van der Waals surface area (Å²) in [5, 5.41) is 23.9. The second kappa shape index (κ2) is 12.0. The minimum absolute atomic E-state index is 0.142. The van der Waals surface area contributed by atoms with Crippen LogP contribution in [-0.2, 0) is 9.59 Å². The lowest BCUT2D eigenvalue weighted by molar-refractivity contribution is -0.138. The highest BCUT2D eigenvalue weighted by atomic mass is 16.4. The molecule has 1 aliphatic rings. The van der Waals surface area contributed by atoms with Crippen molar-refractivity contribution in [1.82, 2.24) is 0 Å². The molecule has 1 aliphatic carbocycles. The van der Waals surface area contributed by atoms with E-state index in [4.69, 9.17) is 10.2 Å². The molecule has 4 N–H and O–H groups in total. The fraction of sp³-hybridized carbons (Fsp3) is 0.385. The molecule has 0 unspecified atom stereocenters. The lowest BCUT2D eigenvalue weighted by Gasteiger charge is -2.23. The van der Waals surface area contributed by atoms with Crippen LogP contribution in [0.2, 0.25) is 0 Å². The quantitative estimate of drug-likeness (QED) is 0.254. The molecular formula is C26H30N2O6. The standard InChI is InChI=1S/C26H30N2O6/c29-21(30)13-3-1-5-15-27-19-11-7-9-17-23(19)25(33)18-10-8-12-20(24(18)26(17)34)28-16-6-2-4-14-22(31)32/h7-12,27-28H,1-6,13-16H2,(H,29,30)(H,31,32). The van der Waals surface area contributed by atoms with Crippen molar-refractivity contribution in [3.63, 3.8) is 0 Å². The lowest BCUT2D eigenvalue weighted by atomic mass is 9.82. The van der Waals surface area contributed by atoms with Gasteiger partial charge in [0.05, 0.1) is 11.1 Å². The average Bonchev–Trinajstić information content (AvgIpc) is 2.81. The molecule has 0 spiro atoms. The average molecular weight is 467 g/mol. The van der Waals surface area contributed by atoms with Gasteiger partial charge in [-0.15, -0.1) is 0 Å². The molecule has 0 fully saturated rings. The number of ketones is 2. The third-order valence-electron chi connectivity index (χ3n) is 5.84. The second-order valence-corrected chi connectivity index (χ2v) is 8.38. The molecule has 34 heavy (non-hydrogen) atoms. The van der Waals surface area contributed by atoms with Crippen LogP contribution in [0.5, 0.6) is 0 Å². The molecule has 3 rings (SSSR count). The Balaban J connectivity index is 1.68. The first-order chi connectivity index (χ1) is 16.4. The van der Waals surface area contributed by atoms with Crippen LogP contribution in [0, 0.1) is 0 Å². The molecule has 2 aromatic rings. The van der Waals surface area contributed by atoms with Crippen LogP contribution in [0.4, 0.5) is 11.4 Å².